The molecule has 29 heavy (non-hydrogen) atoms. The molecule has 1 amide bonds. The van der Waals surface area contributed by atoms with Crippen LogP contribution in [0.3, 0.4) is 0 Å². The van der Waals surface area contributed by atoms with Gasteiger partial charge < -0.3 is 15.0 Å². The van der Waals surface area contributed by atoms with Gasteiger partial charge >= 0.3 is 0 Å². The van der Waals surface area contributed by atoms with Gasteiger partial charge in [-0.3, -0.25) is 19.8 Å². The van der Waals surface area contributed by atoms with E-state index < -0.39 is 4.92 Å². The van der Waals surface area contributed by atoms with Crippen molar-refractivity contribution in [3.05, 3.63) is 52.8 Å². The highest BCUT2D eigenvalue weighted by Gasteiger charge is 2.18. The summed E-state index contributed by atoms with van der Waals surface area (Å²) in [6.45, 7) is 4.91. The van der Waals surface area contributed by atoms with Crippen LogP contribution in [-0.2, 0) is 4.79 Å². The summed E-state index contributed by atoms with van der Waals surface area (Å²) in [5, 5.41) is 13.6. The van der Waals surface area contributed by atoms with E-state index in [0.717, 1.165) is 45.1 Å². The number of nitro benzene ring substituents is 1. The van der Waals surface area contributed by atoms with Gasteiger partial charge in [-0.1, -0.05) is 6.07 Å². The van der Waals surface area contributed by atoms with E-state index in [2.05, 4.69) is 25.1 Å². The smallest absolute Gasteiger partial charge is 0.273 e. The standard InChI is InChI=1S/C19H24N6O4/c26-18(15-29-17-5-1-4-16(14-17)25(27)28)20-8-3-9-23-10-12-24(13-11-23)19-21-6-2-7-22-19/h1-2,4-7,14H,3,8-13,15H2,(H,20,26). The van der Waals surface area contributed by atoms with Crippen molar-refractivity contribution in [3.63, 3.8) is 0 Å². The lowest BCUT2D eigenvalue weighted by atomic mass is 10.3. The Morgan fingerprint density at radius 2 is 1.93 bits per heavy atom. The molecule has 1 aromatic carbocycles. The quantitative estimate of drug-likeness (QED) is 0.378. The average molecular weight is 400 g/mol. The van der Waals surface area contributed by atoms with Gasteiger partial charge in [0.05, 0.1) is 11.0 Å². The van der Waals surface area contributed by atoms with Crippen LogP contribution in [-0.4, -0.2) is 71.6 Å². The summed E-state index contributed by atoms with van der Waals surface area (Å²) in [6, 6.07) is 7.59. The van der Waals surface area contributed by atoms with Crippen molar-refractivity contribution in [2.24, 2.45) is 0 Å². The van der Waals surface area contributed by atoms with Crippen LogP contribution in [0.15, 0.2) is 42.7 Å². The summed E-state index contributed by atoms with van der Waals surface area (Å²) in [7, 11) is 0. The second kappa shape index (κ2) is 10.3. The van der Waals surface area contributed by atoms with E-state index in [-0.39, 0.29) is 18.2 Å². The van der Waals surface area contributed by atoms with E-state index in [1.165, 1.54) is 18.2 Å². The van der Waals surface area contributed by atoms with Crippen molar-refractivity contribution in [1.29, 1.82) is 0 Å². The maximum Gasteiger partial charge on any atom is 0.273 e. The molecule has 1 fully saturated rings. The monoisotopic (exact) mass is 400 g/mol. The molecule has 10 heteroatoms. The molecular weight excluding hydrogens is 376 g/mol. The van der Waals surface area contributed by atoms with E-state index in [1.54, 1.807) is 18.5 Å². The Morgan fingerprint density at radius 3 is 2.66 bits per heavy atom. The molecule has 1 saturated heterocycles. The summed E-state index contributed by atoms with van der Waals surface area (Å²) >= 11 is 0. The Morgan fingerprint density at radius 1 is 1.17 bits per heavy atom. The largest absolute Gasteiger partial charge is 0.484 e. The molecule has 0 radical (unpaired) electrons. The molecular formula is C19H24N6O4. The van der Waals surface area contributed by atoms with Crippen molar-refractivity contribution < 1.29 is 14.5 Å². The molecule has 0 unspecified atom stereocenters. The number of ether oxygens (including phenoxy) is 1. The predicted molar refractivity (Wildman–Crippen MR) is 107 cm³/mol. The molecule has 10 nitrogen and oxygen atoms in total. The zero-order valence-corrected chi connectivity index (χ0v) is 16.1. The van der Waals surface area contributed by atoms with Crippen molar-refractivity contribution in [3.8, 4) is 5.75 Å². The highest BCUT2D eigenvalue weighted by atomic mass is 16.6. The van der Waals surface area contributed by atoms with E-state index in [1.807, 2.05) is 6.07 Å². The van der Waals surface area contributed by atoms with Crippen LogP contribution in [0.1, 0.15) is 6.42 Å². The minimum atomic E-state index is -0.500. The summed E-state index contributed by atoms with van der Waals surface area (Å²) in [6.07, 6.45) is 4.34. The third-order valence-corrected chi connectivity index (χ3v) is 4.58. The first-order valence-corrected chi connectivity index (χ1v) is 9.50. The SMILES string of the molecule is O=C(COc1cccc([N+](=O)[O-])c1)NCCCN1CCN(c2ncccn2)CC1. The summed E-state index contributed by atoms with van der Waals surface area (Å²) in [5.41, 5.74) is -0.0677. The fourth-order valence-electron chi connectivity index (χ4n) is 3.04. The number of carbonyl (C=O) groups excluding carboxylic acids is 1. The first kappa shape index (κ1) is 20.5. The first-order chi connectivity index (χ1) is 14.1. The predicted octanol–water partition coefficient (Wildman–Crippen LogP) is 1.09. The van der Waals surface area contributed by atoms with Crippen LogP contribution in [0, 0.1) is 10.1 Å². The number of rotatable bonds is 9. The number of nitro groups is 1. The maximum absolute atomic E-state index is 11.9. The highest BCUT2D eigenvalue weighted by Crippen LogP contribution is 2.18. The number of hydrogen-bond donors (Lipinski definition) is 1. The van der Waals surface area contributed by atoms with E-state index >= 15 is 0 Å². The summed E-state index contributed by atoms with van der Waals surface area (Å²) < 4.78 is 5.32. The molecule has 0 aliphatic carbocycles. The summed E-state index contributed by atoms with van der Waals surface area (Å²) in [5.74, 6) is 0.820. The molecule has 1 aliphatic heterocycles. The number of nitrogens with zero attached hydrogens (tertiary/aromatic N) is 5. The molecule has 0 atom stereocenters. The lowest BCUT2D eigenvalue weighted by Gasteiger charge is -2.34. The molecule has 1 N–H and O–H groups in total. The number of nitrogens with one attached hydrogen (secondary N) is 1. The Hall–Kier alpha value is -3.27. The Balaban J connectivity index is 1.28. The van der Waals surface area contributed by atoms with Crippen molar-refractivity contribution in [2.75, 3.05) is 50.8 Å². The molecule has 2 aromatic rings. The van der Waals surface area contributed by atoms with Gasteiger partial charge in [0.2, 0.25) is 5.95 Å². The van der Waals surface area contributed by atoms with Crippen LogP contribution in [0.4, 0.5) is 11.6 Å². The van der Waals surface area contributed by atoms with Gasteiger partial charge in [-0.05, 0) is 25.1 Å². The first-order valence-electron chi connectivity index (χ1n) is 9.50. The van der Waals surface area contributed by atoms with Gasteiger partial charge in [0, 0.05) is 51.2 Å². The van der Waals surface area contributed by atoms with Crippen molar-refractivity contribution in [2.45, 2.75) is 6.42 Å². The molecule has 0 saturated carbocycles. The lowest BCUT2D eigenvalue weighted by Crippen LogP contribution is -2.47. The van der Waals surface area contributed by atoms with Crippen LogP contribution < -0.4 is 15.0 Å². The number of benzene rings is 1. The minimum Gasteiger partial charge on any atom is -0.484 e. The molecule has 1 aromatic heterocycles. The fraction of sp³-hybridized carbons (Fsp3) is 0.421. The van der Waals surface area contributed by atoms with E-state index in [4.69, 9.17) is 4.74 Å². The number of amides is 1. The molecule has 1 aliphatic rings. The minimum absolute atomic E-state index is 0.0677. The Kier molecular flexibility index (Phi) is 7.28. The van der Waals surface area contributed by atoms with Crippen molar-refractivity contribution in [1.82, 2.24) is 20.2 Å². The molecule has 2 heterocycles. The number of piperazine rings is 1. The van der Waals surface area contributed by atoms with Crippen LogP contribution in [0.25, 0.3) is 0 Å². The fourth-order valence-corrected chi connectivity index (χ4v) is 3.04. The third kappa shape index (κ3) is 6.39. The number of aromatic nitrogens is 2. The zero-order valence-electron chi connectivity index (χ0n) is 16.1. The number of anilines is 1. The van der Waals surface area contributed by atoms with Gasteiger partial charge in [0.15, 0.2) is 6.61 Å². The maximum atomic E-state index is 11.9. The molecule has 0 bridgehead atoms. The van der Waals surface area contributed by atoms with Gasteiger partial charge in [0.25, 0.3) is 11.6 Å². The number of carbonyl (C=O) groups is 1. The topological polar surface area (TPSA) is 114 Å². The van der Waals surface area contributed by atoms with Crippen molar-refractivity contribution >= 4 is 17.5 Å². The normalized spacial score (nSPS) is 14.4. The number of hydrogen-bond acceptors (Lipinski definition) is 8. The third-order valence-electron chi connectivity index (χ3n) is 4.58. The highest BCUT2D eigenvalue weighted by molar-refractivity contribution is 5.77. The van der Waals surface area contributed by atoms with Gasteiger partial charge in [-0.25, -0.2) is 9.97 Å². The molecule has 154 valence electrons. The Labute approximate surface area is 168 Å². The number of non-ortho nitro benzene ring substituents is 1. The van der Waals surface area contributed by atoms with Gasteiger partial charge in [0.1, 0.15) is 5.75 Å². The van der Waals surface area contributed by atoms with E-state index in [0.29, 0.717) is 12.3 Å². The second-order valence-corrected chi connectivity index (χ2v) is 6.62. The van der Waals surface area contributed by atoms with Crippen LogP contribution in [0.5, 0.6) is 5.75 Å². The molecule has 0 spiro atoms. The lowest BCUT2D eigenvalue weighted by molar-refractivity contribution is -0.384. The van der Waals surface area contributed by atoms with Crippen LogP contribution in [0.2, 0.25) is 0 Å². The van der Waals surface area contributed by atoms with Gasteiger partial charge in [-0.2, -0.15) is 0 Å². The Bertz CT molecular complexity index is 811. The van der Waals surface area contributed by atoms with Gasteiger partial charge in [-0.15, -0.1) is 0 Å². The zero-order chi connectivity index (χ0) is 20.5. The average Bonchev–Trinajstić information content (AvgIpc) is 2.76. The second-order valence-electron chi connectivity index (χ2n) is 6.62. The summed E-state index contributed by atoms with van der Waals surface area (Å²) in [4.78, 5) is 35.2. The van der Waals surface area contributed by atoms with Crippen LogP contribution >= 0.6 is 0 Å². The van der Waals surface area contributed by atoms with E-state index in [9.17, 15) is 14.9 Å². The molecule has 3 rings (SSSR count).